The van der Waals surface area contributed by atoms with Gasteiger partial charge in [-0.2, -0.15) is 0 Å². The highest BCUT2D eigenvalue weighted by Crippen LogP contribution is 2.53. The fraction of sp³-hybridized carbons (Fsp3) is 0.462. The van der Waals surface area contributed by atoms with Gasteiger partial charge in [-0.25, -0.2) is 0 Å². The average Bonchev–Trinajstić information content (AvgIpc) is 2.79. The van der Waals surface area contributed by atoms with Gasteiger partial charge in [0.25, 0.3) is 5.91 Å². The van der Waals surface area contributed by atoms with E-state index in [-0.39, 0.29) is 23.5 Å². The second kappa shape index (κ2) is 8.24. The van der Waals surface area contributed by atoms with Crippen molar-refractivity contribution in [3.05, 3.63) is 59.2 Å². The monoisotopic (exact) mass is 434 g/mol. The summed E-state index contributed by atoms with van der Waals surface area (Å²) in [6.45, 7) is 5.68. The average molecular weight is 435 g/mol. The largest absolute Gasteiger partial charge is 0.486 e. The Kier molecular flexibility index (Phi) is 5.41. The normalized spacial score (nSPS) is 23.6. The molecule has 2 aromatic rings. The number of anilines is 1. The Hall–Kier alpha value is -2.86. The van der Waals surface area contributed by atoms with Crippen molar-refractivity contribution in [2.24, 2.45) is 5.92 Å². The van der Waals surface area contributed by atoms with Crippen molar-refractivity contribution in [1.82, 2.24) is 4.90 Å². The van der Waals surface area contributed by atoms with Crippen LogP contribution in [0, 0.1) is 12.8 Å². The van der Waals surface area contributed by atoms with E-state index in [0.29, 0.717) is 30.3 Å². The molecule has 3 aliphatic rings. The predicted octanol–water partition coefficient (Wildman–Crippen LogP) is 4.49. The molecule has 3 heterocycles. The quantitative estimate of drug-likeness (QED) is 0.756. The lowest BCUT2D eigenvalue weighted by atomic mass is 9.70. The molecule has 2 amide bonds. The van der Waals surface area contributed by atoms with Gasteiger partial charge in [-0.05, 0) is 55.7 Å². The van der Waals surface area contributed by atoms with E-state index in [1.807, 2.05) is 4.90 Å². The fourth-order valence-electron chi connectivity index (χ4n) is 5.53. The molecular formula is C26H30N2O4. The third kappa shape index (κ3) is 3.77. The molecule has 0 aromatic heterocycles. The molecule has 1 spiro atoms. The number of hydrogen-bond donors (Lipinski definition) is 1. The van der Waals surface area contributed by atoms with Crippen LogP contribution in [-0.4, -0.2) is 42.0 Å². The lowest BCUT2D eigenvalue weighted by Crippen LogP contribution is -2.57. The number of carbonyl (C=O) groups is 2. The van der Waals surface area contributed by atoms with E-state index in [1.165, 1.54) is 18.1 Å². The van der Waals surface area contributed by atoms with Crippen molar-refractivity contribution in [3.8, 4) is 5.75 Å². The third-order valence-corrected chi connectivity index (χ3v) is 7.14. The Bertz CT molecular complexity index is 1020. The fourth-order valence-corrected chi connectivity index (χ4v) is 5.53. The van der Waals surface area contributed by atoms with E-state index in [9.17, 15) is 9.59 Å². The molecule has 0 aliphatic carbocycles. The van der Waals surface area contributed by atoms with Crippen LogP contribution >= 0.6 is 0 Å². The first-order valence-corrected chi connectivity index (χ1v) is 11.5. The maximum Gasteiger partial charge on any atom is 0.253 e. The van der Waals surface area contributed by atoms with Crippen LogP contribution in [0.5, 0.6) is 5.75 Å². The van der Waals surface area contributed by atoms with Crippen molar-refractivity contribution in [3.63, 3.8) is 0 Å². The van der Waals surface area contributed by atoms with Crippen LogP contribution < -0.4 is 10.1 Å². The molecule has 2 aromatic carbocycles. The van der Waals surface area contributed by atoms with Crippen LogP contribution in [0.2, 0.25) is 0 Å². The van der Waals surface area contributed by atoms with Gasteiger partial charge in [0.15, 0.2) is 0 Å². The molecule has 168 valence electrons. The number of likely N-dealkylation sites (tertiary alicyclic amines) is 1. The molecular weight excluding hydrogens is 404 g/mol. The molecule has 2 fully saturated rings. The van der Waals surface area contributed by atoms with Crippen LogP contribution in [0.1, 0.15) is 60.2 Å². The summed E-state index contributed by atoms with van der Waals surface area (Å²) >= 11 is 0. The highest BCUT2D eigenvalue weighted by molar-refractivity contribution is 5.95. The van der Waals surface area contributed by atoms with Gasteiger partial charge in [0.2, 0.25) is 5.91 Å². The molecule has 6 heteroatoms. The summed E-state index contributed by atoms with van der Waals surface area (Å²) in [6, 6.07) is 13.5. The number of amides is 2. The van der Waals surface area contributed by atoms with Crippen molar-refractivity contribution < 1.29 is 19.1 Å². The van der Waals surface area contributed by atoms with Crippen molar-refractivity contribution in [2.45, 2.75) is 51.2 Å². The summed E-state index contributed by atoms with van der Waals surface area (Å²) < 4.78 is 13.0. The summed E-state index contributed by atoms with van der Waals surface area (Å²) in [6.07, 6.45) is 3.84. The topological polar surface area (TPSA) is 67.9 Å². The van der Waals surface area contributed by atoms with E-state index in [1.54, 1.807) is 24.3 Å². The Balaban J connectivity index is 1.33. The number of nitrogens with one attached hydrogen (secondary N) is 1. The van der Waals surface area contributed by atoms with Gasteiger partial charge in [-0.15, -0.1) is 0 Å². The Morgan fingerprint density at radius 3 is 2.56 bits per heavy atom. The predicted molar refractivity (Wildman–Crippen MR) is 122 cm³/mol. The van der Waals surface area contributed by atoms with Gasteiger partial charge in [0.05, 0.1) is 6.10 Å². The first-order chi connectivity index (χ1) is 15.4. The van der Waals surface area contributed by atoms with E-state index in [2.05, 4.69) is 30.4 Å². The zero-order valence-electron chi connectivity index (χ0n) is 18.7. The number of piperidine rings is 1. The van der Waals surface area contributed by atoms with Crippen molar-refractivity contribution in [2.75, 3.05) is 25.0 Å². The summed E-state index contributed by atoms with van der Waals surface area (Å²) in [4.78, 5) is 26.2. The Labute approximate surface area is 188 Å². The van der Waals surface area contributed by atoms with E-state index in [4.69, 9.17) is 9.47 Å². The Morgan fingerprint density at radius 2 is 1.84 bits per heavy atom. The molecule has 0 radical (unpaired) electrons. The Morgan fingerprint density at radius 1 is 1.09 bits per heavy atom. The zero-order chi connectivity index (χ0) is 22.3. The maximum absolute atomic E-state index is 13.1. The van der Waals surface area contributed by atoms with Crippen molar-refractivity contribution in [1.29, 1.82) is 0 Å². The summed E-state index contributed by atoms with van der Waals surface area (Å²) in [7, 11) is 0. The van der Waals surface area contributed by atoms with Crippen LogP contribution in [0.25, 0.3) is 0 Å². The number of carbonyl (C=O) groups excluding carboxylic acids is 2. The third-order valence-electron chi connectivity index (χ3n) is 7.14. The number of aryl methyl sites for hydroxylation is 1. The first kappa shape index (κ1) is 21.0. The van der Waals surface area contributed by atoms with Gasteiger partial charge in [0.1, 0.15) is 11.4 Å². The van der Waals surface area contributed by atoms with E-state index >= 15 is 0 Å². The lowest BCUT2D eigenvalue weighted by Gasteiger charge is -2.53. The molecule has 2 saturated heterocycles. The second-order valence-corrected chi connectivity index (χ2v) is 9.30. The minimum Gasteiger partial charge on any atom is -0.486 e. The number of nitrogens with zero attached hydrogens (tertiary/aromatic N) is 1. The van der Waals surface area contributed by atoms with Gasteiger partial charge < -0.3 is 19.7 Å². The maximum atomic E-state index is 13.1. The molecule has 0 unspecified atom stereocenters. The number of fused-ring (bicyclic) bond motifs is 4. The van der Waals surface area contributed by atoms with E-state index < -0.39 is 0 Å². The minimum atomic E-state index is -0.280. The second-order valence-electron chi connectivity index (χ2n) is 9.30. The SMILES string of the molecule is CC(=O)Nc1ccc(C(=O)N2CCC3(CC2)Oc2cc(C)ccc2[C@H]2OCCC[C@@H]23)cc1. The number of hydrogen-bond acceptors (Lipinski definition) is 4. The molecule has 5 rings (SSSR count). The molecule has 0 saturated carbocycles. The standard InChI is InChI=1S/C26H30N2O4/c1-17-5-10-21-23(16-17)32-26(22-4-3-15-31-24(21)22)11-13-28(14-12-26)25(30)19-6-8-20(9-7-19)27-18(2)29/h5-10,16,22,24H,3-4,11-15H2,1-2H3,(H,27,29)/t22-,24+/m0/s1. The van der Waals surface area contributed by atoms with Crippen LogP contribution in [-0.2, 0) is 9.53 Å². The lowest BCUT2D eigenvalue weighted by molar-refractivity contribution is -0.147. The van der Waals surface area contributed by atoms with Gasteiger partial charge in [-0.1, -0.05) is 12.1 Å². The van der Waals surface area contributed by atoms with Crippen LogP contribution in [0.4, 0.5) is 5.69 Å². The first-order valence-electron chi connectivity index (χ1n) is 11.5. The highest BCUT2D eigenvalue weighted by atomic mass is 16.5. The molecule has 0 bridgehead atoms. The molecule has 32 heavy (non-hydrogen) atoms. The number of ether oxygens (including phenoxy) is 2. The molecule has 1 N–H and O–H groups in total. The molecule has 3 aliphatic heterocycles. The smallest absolute Gasteiger partial charge is 0.253 e. The van der Waals surface area contributed by atoms with Gasteiger partial charge in [-0.3, -0.25) is 9.59 Å². The summed E-state index contributed by atoms with van der Waals surface area (Å²) in [5, 5.41) is 2.74. The minimum absolute atomic E-state index is 0.0257. The highest BCUT2D eigenvalue weighted by Gasteiger charge is 2.52. The zero-order valence-corrected chi connectivity index (χ0v) is 18.7. The van der Waals surface area contributed by atoms with Gasteiger partial charge >= 0.3 is 0 Å². The molecule has 6 nitrogen and oxygen atoms in total. The summed E-state index contributed by atoms with van der Waals surface area (Å²) in [5.74, 6) is 1.17. The summed E-state index contributed by atoms with van der Waals surface area (Å²) in [5.41, 5.74) is 3.41. The molecule has 2 atom stereocenters. The number of rotatable bonds is 2. The van der Waals surface area contributed by atoms with Crippen molar-refractivity contribution >= 4 is 17.5 Å². The van der Waals surface area contributed by atoms with E-state index in [0.717, 1.165) is 38.0 Å². The van der Waals surface area contributed by atoms with Gasteiger partial charge in [0, 0.05) is 62.2 Å². The van der Waals surface area contributed by atoms with Crippen LogP contribution in [0.3, 0.4) is 0 Å². The van der Waals surface area contributed by atoms with Crippen LogP contribution in [0.15, 0.2) is 42.5 Å². The number of benzene rings is 2.